The minimum atomic E-state index is -3.68. The monoisotopic (exact) mass is 559 g/mol. The van der Waals surface area contributed by atoms with Crippen molar-refractivity contribution in [1.82, 2.24) is 0 Å². The van der Waals surface area contributed by atoms with Crippen molar-refractivity contribution >= 4 is 47.4 Å². The SMILES string of the molecule is O=S(=O)(c1ccccc1)[C@@]1(c2ccc(Br)cc2)CC2ON=C(c3cccc(Br)c3)C2C1. The largest absolute Gasteiger partial charge is 0.391 e. The zero-order valence-electron chi connectivity index (χ0n) is 16.4. The average Bonchev–Trinajstić information content (AvgIpc) is 3.34. The van der Waals surface area contributed by atoms with Gasteiger partial charge in [0.2, 0.25) is 0 Å². The van der Waals surface area contributed by atoms with E-state index in [-0.39, 0.29) is 12.0 Å². The Morgan fingerprint density at radius 3 is 2.32 bits per heavy atom. The predicted molar refractivity (Wildman–Crippen MR) is 128 cm³/mol. The molecule has 1 aliphatic carbocycles. The van der Waals surface area contributed by atoms with Crippen LogP contribution in [0.1, 0.15) is 24.0 Å². The van der Waals surface area contributed by atoms with Gasteiger partial charge in [-0.3, -0.25) is 0 Å². The zero-order chi connectivity index (χ0) is 21.6. The second kappa shape index (κ2) is 7.87. The van der Waals surface area contributed by atoms with Crippen LogP contribution in [0.5, 0.6) is 0 Å². The third kappa shape index (κ3) is 3.47. The fourth-order valence-electron chi connectivity index (χ4n) is 4.72. The lowest BCUT2D eigenvalue weighted by Gasteiger charge is -2.30. The fourth-order valence-corrected chi connectivity index (χ4v) is 7.58. The smallest absolute Gasteiger partial charge is 0.188 e. The highest BCUT2D eigenvalue weighted by atomic mass is 79.9. The number of nitrogens with zero attached hydrogens (tertiary/aromatic N) is 1. The van der Waals surface area contributed by atoms with E-state index in [9.17, 15) is 8.42 Å². The summed E-state index contributed by atoms with van der Waals surface area (Å²) < 4.78 is 28.9. The van der Waals surface area contributed by atoms with Gasteiger partial charge in [-0.05, 0) is 48.4 Å². The molecule has 0 N–H and O–H groups in total. The first-order valence-corrected chi connectivity index (χ1v) is 13.0. The Balaban J connectivity index is 1.62. The summed E-state index contributed by atoms with van der Waals surface area (Å²) in [4.78, 5) is 6.15. The van der Waals surface area contributed by atoms with Gasteiger partial charge in [-0.1, -0.05) is 79.5 Å². The summed E-state index contributed by atoms with van der Waals surface area (Å²) in [7, 11) is -3.68. The van der Waals surface area contributed by atoms with E-state index in [4.69, 9.17) is 4.84 Å². The van der Waals surface area contributed by atoms with Gasteiger partial charge in [0.25, 0.3) is 0 Å². The lowest BCUT2D eigenvalue weighted by atomic mass is 9.91. The van der Waals surface area contributed by atoms with Gasteiger partial charge in [-0.15, -0.1) is 0 Å². The third-order valence-electron chi connectivity index (χ3n) is 6.23. The molecule has 0 aromatic heterocycles. The molecule has 0 bridgehead atoms. The first-order chi connectivity index (χ1) is 14.9. The molecule has 2 unspecified atom stereocenters. The van der Waals surface area contributed by atoms with Crippen LogP contribution in [-0.2, 0) is 19.4 Å². The van der Waals surface area contributed by atoms with Gasteiger partial charge in [-0.25, -0.2) is 8.42 Å². The minimum Gasteiger partial charge on any atom is -0.391 e. The Labute approximate surface area is 198 Å². The van der Waals surface area contributed by atoms with E-state index in [0.29, 0.717) is 17.7 Å². The van der Waals surface area contributed by atoms with Crippen LogP contribution in [0, 0.1) is 5.92 Å². The highest BCUT2D eigenvalue weighted by Crippen LogP contribution is 2.54. The molecule has 3 atom stereocenters. The Kier molecular flexibility index (Phi) is 5.31. The van der Waals surface area contributed by atoms with Crippen molar-refractivity contribution in [2.45, 2.75) is 28.6 Å². The molecule has 1 aliphatic heterocycles. The maximum atomic E-state index is 14.1. The van der Waals surface area contributed by atoms with Gasteiger partial charge in [0, 0.05) is 26.8 Å². The number of oxime groups is 1. The van der Waals surface area contributed by atoms with Crippen LogP contribution < -0.4 is 0 Å². The van der Waals surface area contributed by atoms with Crippen LogP contribution in [-0.4, -0.2) is 20.2 Å². The number of fused-ring (bicyclic) bond motifs is 1. The van der Waals surface area contributed by atoms with Crippen molar-refractivity contribution in [3.05, 3.63) is 98.9 Å². The second-order valence-corrected chi connectivity index (χ2v) is 12.1. The number of rotatable bonds is 4. The summed E-state index contributed by atoms with van der Waals surface area (Å²) in [6.45, 7) is 0. The molecule has 1 saturated carbocycles. The van der Waals surface area contributed by atoms with Crippen LogP contribution in [0.2, 0.25) is 0 Å². The van der Waals surface area contributed by atoms with Crippen molar-refractivity contribution < 1.29 is 13.3 Å². The van der Waals surface area contributed by atoms with Crippen LogP contribution in [0.3, 0.4) is 0 Å². The van der Waals surface area contributed by atoms with Crippen molar-refractivity contribution in [3.8, 4) is 0 Å². The van der Waals surface area contributed by atoms with Crippen LogP contribution >= 0.6 is 31.9 Å². The Morgan fingerprint density at radius 2 is 1.61 bits per heavy atom. The minimum absolute atomic E-state index is 0.101. The molecule has 3 aromatic rings. The van der Waals surface area contributed by atoms with Gasteiger partial charge in [0.15, 0.2) is 9.84 Å². The van der Waals surface area contributed by atoms with Gasteiger partial charge >= 0.3 is 0 Å². The van der Waals surface area contributed by atoms with Crippen LogP contribution in [0.25, 0.3) is 0 Å². The first-order valence-electron chi connectivity index (χ1n) is 9.96. The summed E-state index contributed by atoms with van der Waals surface area (Å²) in [6.07, 6.45) is 0.496. The molecule has 0 saturated heterocycles. The lowest BCUT2D eigenvalue weighted by Crippen LogP contribution is -2.34. The molecule has 3 aromatic carbocycles. The molecule has 0 spiro atoms. The van der Waals surface area contributed by atoms with E-state index in [1.54, 1.807) is 24.3 Å². The second-order valence-electron chi connectivity index (χ2n) is 7.96. The number of sulfone groups is 1. The number of hydrogen-bond donors (Lipinski definition) is 0. The van der Waals surface area contributed by atoms with E-state index < -0.39 is 14.6 Å². The maximum absolute atomic E-state index is 14.1. The van der Waals surface area contributed by atoms with Gasteiger partial charge in [0.1, 0.15) is 10.9 Å². The molecule has 158 valence electrons. The van der Waals surface area contributed by atoms with Gasteiger partial charge < -0.3 is 4.84 Å². The zero-order valence-corrected chi connectivity index (χ0v) is 20.4. The van der Waals surface area contributed by atoms with E-state index in [0.717, 1.165) is 25.8 Å². The van der Waals surface area contributed by atoms with Crippen LogP contribution in [0.4, 0.5) is 0 Å². The molecule has 0 amide bonds. The molecule has 31 heavy (non-hydrogen) atoms. The molecular formula is C24H19Br2NO3S. The summed E-state index contributed by atoms with van der Waals surface area (Å²) in [5.41, 5.74) is 2.55. The van der Waals surface area contributed by atoms with Gasteiger partial charge in [-0.2, -0.15) is 0 Å². The Hall–Kier alpha value is -1.96. The number of halogens is 2. The van der Waals surface area contributed by atoms with Crippen molar-refractivity contribution in [2.75, 3.05) is 0 Å². The summed E-state index contributed by atoms with van der Waals surface area (Å²) in [6, 6.07) is 24.2. The number of benzene rings is 3. The van der Waals surface area contributed by atoms with Crippen molar-refractivity contribution in [1.29, 1.82) is 0 Å². The highest BCUT2D eigenvalue weighted by Gasteiger charge is 2.59. The van der Waals surface area contributed by atoms with E-state index in [1.807, 2.05) is 54.6 Å². The molecular weight excluding hydrogens is 542 g/mol. The summed E-state index contributed by atoms with van der Waals surface area (Å²) >= 11 is 6.98. The van der Waals surface area contributed by atoms with Crippen molar-refractivity contribution in [3.63, 3.8) is 0 Å². The standard InChI is InChI=1S/C24H19Br2NO3S/c25-18-11-9-17(10-12-18)24(31(28,29)20-7-2-1-3-8-20)14-21-22(15-24)30-27-23(21)16-5-4-6-19(26)13-16/h1-13,21-22H,14-15H2/t21?,22?,24-/m1/s1. The first kappa shape index (κ1) is 20.9. The molecule has 2 aliphatic rings. The van der Waals surface area contributed by atoms with Crippen LogP contribution in [0.15, 0.2) is 97.9 Å². The topological polar surface area (TPSA) is 55.7 Å². The van der Waals surface area contributed by atoms with Crippen molar-refractivity contribution in [2.24, 2.45) is 11.1 Å². The van der Waals surface area contributed by atoms with Gasteiger partial charge in [0.05, 0.1) is 10.6 Å². The Morgan fingerprint density at radius 1 is 0.871 bits per heavy atom. The highest BCUT2D eigenvalue weighted by molar-refractivity contribution is 9.10. The molecule has 1 heterocycles. The predicted octanol–water partition coefficient (Wildman–Crippen LogP) is 6.09. The summed E-state index contributed by atoms with van der Waals surface area (Å²) in [5.74, 6) is -0.101. The van der Waals surface area contributed by atoms with E-state index in [1.165, 1.54) is 0 Å². The lowest BCUT2D eigenvalue weighted by molar-refractivity contribution is 0.0723. The quantitative estimate of drug-likeness (QED) is 0.388. The Bertz CT molecular complexity index is 1260. The summed E-state index contributed by atoms with van der Waals surface area (Å²) in [5, 5.41) is 4.35. The molecule has 1 fully saturated rings. The maximum Gasteiger partial charge on any atom is 0.188 e. The molecule has 7 heteroatoms. The van der Waals surface area contributed by atoms with E-state index in [2.05, 4.69) is 37.0 Å². The van der Waals surface area contributed by atoms with E-state index >= 15 is 0 Å². The molecule has 5 rings (SSSR count). The molecule has 4 nitrogen and oxygen atoms in total. The third-order valence-corrected chi connectivity index (χ3v) is 9.74. The number of hydrogen-bond acceptors (Lipinski definition) is 4. The molecule has 0 radical (unpaired) electrons. The fraction of sp³-hybridized carbons (Fsp3) is 0.208. The normalized spacial score (nSPS) is 25.0. The average molecular weight is 561 g/mol.